The smallest absolute Gasteiger partial charge is 0.311 e. The van der Waals surface area contributed by atoms with Crippen molar-refractivity contribution in [2.24, 2.45) is 5.92 Å². The molecule has 0 bridgehead atoms. The highest BCUT2D eigenvalue weighted by atomic mass is 16.6. The van der Waals surface area contributed by atoms with E-state index in [0.29, 0.717) is 13.2 Å². The van der Waals surface area contributed by atoms with E-state index in [1.807, 2.05) is 27.7 Å². The largest absolute Gasteiger partial charge is 0.457 e. The average Bonchev–Trinajstić information content (AvgIpc) is 2.47. The Morgan fingerprint density at radius 3 is 2.60 bits per heavy atom. The number of hydrogen-bond donors (Lipinski definition) is 0. The van der Waals surface area contributed by atoms with Gasteiger partial charge in [0, 0.05) is 13.2 Å². The molecule has 15 heavy (non-hydrogen) atoms. The summed E-state index contributed by atoms with van der Waals surface area (Å²) in [4.78, 5) is 11.4. The summed E-state index contributed by atoms with van der Waals surface area (Å²) in [7, 11) is 0. The molecule has 1 heterocycles. The van der Waals surface area contributed by atoms with Crippen molar-refractivity contribution in [3.63, 3.8) is 0 Å². The highest BCUT2D eigenvalue weighted by molar-refractivity contribution is 5.75. The third-order valence-electron chi connectivity index (χ3n) is 2.69. The van der Waals surface area contributed by atoms with Crippen LogP contribution in [0.4, 0.5) is 0 Å². The van der Waals surface area contributed by atoms with Crippen LogP contribution in [0.15, 0.2) is 0 Å². The molecule has 1 aliphatic heterocycles. The summed E-state index contributed by atoms with van der Waals surface area (Å²) in [6, 6.07) is 0. The molecular formula is C11H20O4. The lowest BCUT2D eigenvalue weighted by molar-refractivity contribution is -0.150. The van der Waals surface area contributed by atoms with Crippen LogP contribution in [0, 0.1) is 5.92 Å². The van der Waals surface area contributed by atoms with E-state index in [1.54, 1.807) is 0 Å². The van der Waals surface area contributed by atoms with Crippen molar-refractivity contribution in [1.82, 2.24) is 0 Å². The van der Waals surface area contributed by atoms with Gasteiger partial charge in [-0.05, 0) is 27.7 Å². The summed E-state index contributed by atoms with van der Waals surface area (Å²) in [6.07, 6.45) is -0.558. The maximum absolute atomic E-state index is 11.4. The molecule has 0 aromatic rings. The lowest BCUT2D eigenvalue weighted by atomic mass is 10.0. The van der Waals surface area contributed by atoms with Gasteiger partial charge in [0.1, 0.15) is 6.10 Å². The van der Waals surface area contributed by atoms with Crippen LogP contribution in [0.25, 0.3) is 0 Å². The summed E-state index contributed by atoms with van der Waals surface area (Å²) in [5, 5.41) is 0. The molecule has 4 heteroatoms. The Morgan fingerprint density at radius 2 is 2.07 bits per heavy atom. The van der Waals surface area contributed by atoms with Crippen molar-refractivity contribution in [2.75, 3.05) is 13.2 Å². The third-order valence-corrected chi connectivity index (χ3v) is 2.69. The summed E-state index contributed by atoms with van der Waals surface area (Å²) in [5.74, 6) is -0.386. The van der Waals surface area contributed by atoms with Gasteiger partial charge in [0.05, 0.1) is 12.0 Å². The van der Waals surface area contributed by atoms with Crippen LogP contribution in [0.5, 0.6) is 0 Å². The summed E-state index contributed by atoms with van der Waals surface area (Å²) >= 11 is 0. The fraction of sp³-hybridized carbons (Fsp3) is 0.909. The van der Waals surface area contributed by atoms with Gasteiger partial charge in [-0.2, -0.15) is 0 Å². The maximum Gasteiger partial charge on any atom is 0.311 e. The van der Waals surface area contributed by atoms with Gasteiger partial charge in [0.25, 0.3) is 0 Å². The second-order valence-electron chi connectivity index (χ2n) is 3.77. The molecule has 0 amide bonds. The molecule has 4 unspecified atom stereocenters. The van der Waals surface area contributed by atoms with Crippen LogP contribution in [-0.4, -0.2) is 37.5 Å². The predicted octanol–water partition coefficient (Wildman–Crippen LogP) is 1.38. The zero-order chi connectivity index (χ0) is 11.4. The average molecular weight is 216 g/mol. The number of carbonyl (C=O) groups excluding carboxylic acids is 1. The van der Waals surface area contributed by atoms with Crippen LogP contribution in [0.2, 0.25) is 0 Å². The minimum absolute atomic E-state index is 0.111. The minimum Gasteiger partial charge on any atom is -0.457 e. The lowest BCUT2D eigenvalue weighted by Gasteiger charge is -2.24. The number of ether oxygens (including phenoxy) is 3. The Bertz CT molecular complexity index is 217. The van der Waals surface area contributed by atoms with E-state index < -0.39 is 0 Å². The normalized spacial score (nSPS) is 32.8. The van der Waals surface area contributed by atoms with Gasteiger partial charge < -0.3 is 14.2 Å². The Balaban J connectivity index is 2.65. The first-order valence-corrected chi connectivity index (χ1v) is 5.55. The molecule has 0 spiro atoms. The lowest BCUT2D eigenvalue weighted by Crippen LogP contribution is -2.38. The van der Waals surface area contributed by atoms with E-state index in [4.69, 9.17) is 14.2 Å². The van der Waals surface area contributed by atoms with Crippen LogP contribution in [0.3, 0.4) is 0 Å². The van der Waals surface area contributed by atoms with Crippen molar-refractivity contribution >= 4 is 5.97 Å². The molecule has 1 fully saturated rings. The second-order valence-corrected chi connectivity index (χ2v) is 3.77. The number of carbonyl (C=O) groups is 1. The third kappa shape index (κ3) is 2.69. The highest BCUT2D eigenvalue weighted by Gasteiger charge is 2.45. The van der Waals surface area contributed by atoms with Crippen molar-refractivity contribution < 1.29 is 19.0 Å². The molecule has 0 aliphatic carbocycles. The minimum atomic E-state index is -0.271. The maximum atomic E-state index is 11.4. The van der Waals surface area contributed by atoms with Crippen LogP contribution in [-0.2, 0) is 19.0 Å². The van der Waals surface area contributed by atoms with Crippen molar-refractivity contribution in [1.29, 1.82) is 0 Å². The van der Waals surface area contributed by atoms with Gasteiger partial charge in [0.2, 0.25) is 0 Å². The van der Waals surface area contributed by atoms with Crippen molar-refractivity contribution in [2.45, 2.75) is 46.0 Å². The molecule has 0 aromatic heterocycles. The topological polar surface area (TPSA) is 44.8 Å². The van der Waals surface area contributed by atoms with Gasteiger partial charge in [-0.3, -0.25) is 4.79 Å². The van der Waals surface area contributed by atoms with Gasteiger partial charge in [-0.1, -0.05) is 0 Å². The molecular weight excluding hydrogens is 196 g/mol. The van der Waals surface area contributed by atoms with Crippen LogP contribution in [0.1, 0.15) is 27.7 Å². The molecule has 88 valence electrons. The van der Waals surface area contributed by atoms with Gasteiger partial charge in [0.15, 0.2) is 6.10 Å². The van der Waals surface area contributed by atoms with Gasteiger partial charge in [-0.15, -0.1) is 0 Å². The Kier molecular flexibility index (Phi) is 4.54. The zero-order valence-electron chi connectivity index (χ0n) is 9.86. The first kappa shape index (κ1) is 12.5. The molecule has 0 N–H and O–H groups in total. The fourth-order valence-electron chi connectivity index (χ4n) is 1.88. The standard InChI is InChI=1S/C11H20O4/c1-5-13-8(4)10-9(14-6-2)7(3)11(12)15-10/h7-10H,5-6H2,1-4H3. The number of cyclic esters (lactones) is 1. The molecule has 4 atom stereocenters. The molecule has 0 saturated carbocycles. The predicted molar refractivity (Wildman–Crippen MR) is 55.5 cm³/mol. The summed E-state index contributed by atoms with van der Waals surface area (Å²) < 4.78 is 16.2. The van der Waals surface area contributed by atoms with Crippen molar-refractivity contribution in [3.05, 3.63) is 0 Å². The highest BCUT2D eigenvalue weighted by Crippen LogP contribution is 2.27. The van der Waals surface area contributed by atoms with E-state index in [1.165, 1.54) is 0 Å². The Labute approximate surface area is 90.9 Å². The first-order valence-electron chi connectivity index (χ1n) is 5.55. The van der Waals surface area contributed by atoms with E-state index >= 15 is 0 Å². The van der Waals surface area contributed by atoms with Crippen LogP contribution < -0.4 is 0 Å². The van der Waals surface area contributed by atoms with E-state index in [2.05, 4.69) is 0 Å². The Hall–Kier alpha value is -0.610. The number of hydrogen-bond acceptors (Lipinski definition) is 4. The fourth-order valence-corrected chi connectivity index (χ4v) is 1.88. The second kappa shape index (κ2) is 5.47. The number of esters is 1. The molecule has 1 rings (SSSR count). The van der Waals surface area contributed by atoms with Gasteiger partial charge in [-0.25, -0.2) is 0 Å². The summed E-state index contributed by atoms with van der Waals surface area (Å²) in [5.41, 5.74) is 0. The molecule has 1 aliphatic rings. The van der Waals surface area contributed by atoms with Crippen LogP contribution >= 0.6 is 0 Å². The Morgan fingerprint density at radius 1 is 1.40 bits per heavy atom. The zero-order valence-corrected chi connectivity index (χ0v) is 9.86. The molecule has 1 saturated heterocycles. The van der Waals surface area contributed by atoms with E-state index in [0.717, 1.165) is 0 Å². The monoisotopic (exact) mass is 216 g/mol. The number of rotatable bonds is 5. The molecule has 0 radical (unpaired) electrons. The SMILES string of the molecule is CCOC(C)C1OC(=O)C(C)C1OCC. The van der Waals surface area contributed by atoms with Gasteiger partial charge >= 0.3 is 5.97 Å². The summed E-state index contributed by atoms with van der Waals surface area (Å²) in [6.45, 7) is 8.78. The first-order chi connectivity index (χ1) is 7.11. The molecule has 4 nitrogen and oxygen atoms in total. The van der Waals surface area contributed by atoms with Crippen molar-refractivity contribution in [3.8, 4) is 0 Å². The van der Waals surface area contributed by atoms with E-state index in [-0.39, 0.29) is 30.2 Å². The van der Waals surface area contributed by atoms with E-state index in [9.17, 15) is 4.79 Å². The quantitative estimate of drug-likeness (QED) is 0.651. The molecule has 0 aromatic carbocycles.